The maximum Gasteiger partial charge on any atom is 0.185 e. The van der Waals surface area contributed by atoms with E-state index in [1.165, 1.54) is 0 Å². The average Bonchev–Trinajstić information content (AvgIpc) is 2.70. The summed E-state index contributed by atoms with van der Waals surface area (Å²) in [5, 5.41) is 3.50. The first-order valence-electron chi connectivity index (χ1n) is 10.5. The van der Waals surface area contributed by atoms with Gasteiger partial charge in [-0.25, -0.2) is 0 Å². The second-order valence-electron chi connectivity index (χ2n) is 7.00. The van der Waals surface area contributed by atoms with Crippen molar-refractivity contribution in [1.82, 2.24) is 0 Å². The van der Waals surface area contributed by atoms with Crippen LogP contribution in [0.25, 0.3) is 0 Å². The molecule has 0 aliphatic heterocycles. The number of anilines is 2. The van der Waals surface area contributed by atoms with Crippen LogP contribution in [0.3, 0.4) is 0 Å². The Morgan fingerprint density at radius 2 is 1.37 bits per heavy atom. The minimum atomic E-state index is 0.197. The van der Waals surface area contributed by atoms with Crippen molar-refractivity contribution in [2.24, 2.45) is 0 Å². The van der Waals surface area contributed by atoms with Crippen molar-refractivity contribution in [1.29, 1.82) is 0 Å². The summed E-state index contributed by atoms with van der Waals surface area (Å²) in [6.07, 6.45) is 6.72. The summed E-state index contributed by atoms with van der Waals surface area (Å²) in [6, 6.07) is 16.3. The van der Waals surface area contributed by atoms with Gasteiger partial charge < -0.3 is 14.8 Å². The molecule has 1 N–H and O–H groups in total. The summed E-state index contributed by atoms with van der Waals surface area (Å²) in [7, 11) is 0. The second-order valence-corrected chi connectivity index (χ2v) is 7.00. The Hall–Kier alpha value is -2.16. The predicted octanol–water partition coefficient (Wildman–Crippen LogP) is 7.35. The van der Waals surface area contributed by atoms with E-state index in [2.05, 4.69) is 51.2 Å². The van der Waals surface area contributed by atoms with E-state index in [4.69, 9.17) is 9.47 Å². The molecule has 148 valence electrons. The van der Waals surface area contributed by atoms with Crippen LogP contribution < -0.4 is 14.8 Å². The lowest BCUT2D eigenvalue weighted by atomic mass is 10.1. The molecular weight excluding hydrogens is 334 g/mol. The fourth-order valence-electron chi connectivity index (χ4n) is 3.19. The molecule has 2 unspecified atom stereocenters. The first kappa shape index (κ1) is 21.1. The molecule has 3 heteroatoms. The molecule has 0 saturated heterocycles. The number of hydrogen-bond donors (Lipinski definition) is 1. The highest BCUT2D eigenvalue weighted by Crippen LogP contribution is 2.39. The molecule has 0 fully saturated rings. The van der Waals surface area contributed by atoms with Gasteiger partial charge in [-0.05, 0) is 49.9 Å². The lowest BCUT2D eigenvalue weighted by Crippen LogP contribution is -2.19. The average molecular weight is 370 g/mol. The van der Waals surface area contributed by atoms with Crippen molar-refractivity contribution in [3.8, 4) is 11.5 Å². The zero-order chi connectivity index (χ0) is 19.5. The lowest BCUT2D eigenvalue weighted by molar-refractivity contribution is 0.150. The maximum atomic E-state index is 6.47. The molecule has 27 heavy (non-hydrogen) atoms. The lowest BCUT2D eigenvalue weighted by Gasteiger charge is -2.25. The van der Waals surface area contributed by atoms with Crippen LogP contribution in [0, 0.1) is 0 Å². The fourth-order valence-corrected chi connectivity index (χ4v) is 3.19. The third-order valence-electron chi connectivity index (χ3n) is 4.74. The van der Waals surface area contributed by atoms with E-state index < -0.39 is 0 Å². The van der Waals surface area contributed by atoms with Gasteiger partial charge in [0.2, 0.25) is 0 Å². The Bertz CT molecular complexity index is 657. The van der Waals surface area contributed by atoms with Gasteiger partial charge in [0.1, 0.15) is 0 Å². The fraction of sp³-hybridized carbons (Fsp3) is 0.500. The van der Waals surface area contributed by atoms with E-state index >= 15 is 0 Å². The maximum absolute atomic E-state index is 6.47. The topological polar surface area (TPSA) is 30.5 Å². The van der Waals surface area contributed by atoms with Crippen LogP contribution in [0.1, 0.15) is 66.2 Å². The molecule has 0 saturated carbocycles. The van der Waals surface area contributed by atoms with Crippen LogP contribution in [0.2, 0.25) is 0 Å². The Morgan fingerprint density at radius 3 is 1.96 bits per heavy atom. The summed E-state index contributed by atoms with van der Waals surface area (Å²) >= 11 is 0. The molecule has 0 radical (unpaired) electrons. The Kier molecular flexibility index (Phi) is 9.03. The predicted molar refractivity (Wildman–Crippen MR) is 115 cm³/mol. The number of nitrogens with one attached hydrogen (secondary N) is 1. The van der Waals surface area contributed by atoms with Gasteiger partial charge in [0, 0.05) is 5.69 Å². The number of ether oxygens (including phenoxy) is 2. The van der Waals surface area contributed by atoms with Crippen LogP contribution in [0.5, 0.6) is 11.5 Å². The largest absolute Gasteiger partial charge is 0.486 e. The zero-order valence-electron chi connectivity index (χ0n) is 17.3. The van der Waals surface area contributed by atoms with Crippen molar-refractivity contribution in [2.45, 2.75) is 78.4 Å². The highest BCUT2D eigenvalue weighted by molar-refractivity contribution is 5.70. The van der Waals surface area contributed by atoms with Gasteiger partial charge in [-0.15, -0.1) is 0 Å². The standard InChI is InChI=1S/C24H35NO2/c1-5-13-20(7-3)26-23-18-12-17-22(25-19-15-10-9-11-16-19)24(23)27-21(8-4)14-6-2/h9-12,15-18,20-21,25H,5-8,13-14H2,1-4H3. The van der Waals surface area contributed by atoms with E-state index in [1.54, 1.807) is 0 Å². The molecule has 0 heterocycles. The quantitative estimate of drug-likeness (QED) is 0.424. The number of rotatable bonds is 12. The van der Waals surface area contributed by atoms with Crippen molar-refractivity contribution in [2.75, 3.05) is 5.32 Å². The minimum absolute atomic E-state index is 0.197. The van der Waals surface area contributed by atoms with Crippen molar-refractivity contribution < 1.29 is 9.47 Å². The van der Waals surface area contributed by atoms with Crippen LogP contribution in [-0.2, 0) is 0 Å². The van der Waals surface area contributed by atoms with E-state index in [0.29, 0.717) is 0 Å². The third-order valence-corrected chi connectivity index (χ3v) is 4.74. The second kappa shape index (κ2) is 11.5. The van der Waals surface area contributed by atoms with E-state index in [1.807, 2.05) is 30.3 Å². The van der Waals surface area contributed by atoms with Gasteiger partial charge in [0.05, 0.1) is 17.9 Å². The highest BCUT2D eigenvalue weighted by atomic mass is 16.5. The van der Waals surface area contributed by atoms with Gasteiger partial charge in [-0.3, -0.25) is 0 Å². The molecular formula is C24H35NO2. The Labute approximate surface area is 165 Å². The zero-order valence-corrected chi connectivity index (χ0v) is 17.3. The molecule has 0 bridgehead atoms. The molecule has 0 amide bonds. The number of benzene rings is 2. The van der Waals surface area contributed by atoms with Crippen molar-refractivity contribution >= 4 is 11.4 Å². The van der Waals surface area contributed by atoms with E-state index in [9.17, 15) is 0 Å². The van der Waals surface area contributed by atoms with Crippen LogP contribution in [-0.4, -0.2) is 12.2 Å². The van der Waals surface area contributed by atoms with Crippen LogP contribution in [0.4, 0.5) is 11.4 Å². The van der Waals surface area contributed by atoms with Gasteiger partial charge in [-0.1, -0.05) is 64.8 Å². The van der Waals surface area contributed by atoms with E-state index in [0.717, 1.165) is 61.4 Å². The third kappa shape index (κ3) is 6.50. The van der Waals surface area contributed by atoms with Crippen LogP contribution in [0.15, 0.2) is 48.5 Å². The Balaban J connectivity index is 2.34. The molecule has 3 nitrogen and oxygen atoms in total. The van der Waals surface area contributed by atoms with Gasteiger partial charge >= 0.3 is 0 Å². The molecule has 2 aromatic carbocycles. The first-order valence-corrected chi connectivity index (χ1v) is 10.5. The van der Waals surface area contributed by atoms with Gasteiger partial charge in [-0.2, -0.15) is 0 Å². The summed E-state index contributed by atoms with van der Waals surface area (Å²) in [6.45, 7) is 8.76. The molecule has 0 spiro atoms. The molecule has 0 aromatic heterocycles. The normalized spacial score (nSPS) is 13.0. The molecule has 2 aromatic rings. The van der Waals surface area contributed by atoms with Crippen LogP contribution >= 0.6 is 0 Å². The Morgan fingerprint density at radius 1 is 0.741 bits per heavy atom. The summed E-state index contributed by atoms with van der Waals surface area (Å²) in [4.78, 5) is 0. The highest BCUT2D eigenvalue weighted by Gasteiger charge is 2.18. The number of hydrogen-bond acceptors (Lipinski definition) is 3. The molecule has 2 atom stereocenters. The molecule has 0 aliphatic carbocycles. The monoisotopic (exact) mass is 369 g/mol. The first-order chi connectivity index (χ1) is 13.2. The molecule has 2 rings (SSSR count). The van der Waals surface area contributed by atoms with Gasteiger partial charge in [0.25, 0.3) is 0 Å². The SMILES string of the molecule is CCCC(CC)Oc1cccc(Nc2ccccc2)c1OC(CC)CCC. The van der Waals surface area contributed by atoms with Crippen molar-refractivity contribution in [3.63, 3.8) is 0 Å². The summed E-state index contributed by atoms with van der Waals surface area (Å²) in [5.74, 6) is 1.67. The van der Waals surface area contributed by atoms with E-state index in [-0.39, 0.29) is 12.2 Å². The smallest absolute Gasteiger partial charge is 0.185 e. The van der Waals surface area contributed by atoms with Crippen molar-refractivity contribution in [3.05, 3.63) is 48.5 Å². The minimum Gasteiger partial charge on any atom is -0.486 e. The number of para-hydroxylation sites is 2. The molecule has 0 aliphatic rings. The summed E-state index contributed by atoms with van der Waals surface area (Å²) in [5.41, 5.74) is 2.00. The van der Waals surface area contributed by atoms with Gasteiger partial charge in [0.15, 0.2) is 11.5 Å². The summed E-state index contributed by atoms with van der Waals surface area (Å²) < 4.78 is 12.8.